The van der Waals surface area contributed by atoms with Crippen molar-refractivity contribution in [3.05, 3.63) is 59.1 Å². The number of benzene rings is 1. The lowest BCUT2D eigenvalue weighted by Gasteiger charge is -2.21. The zero-order valence-electron chi connectivity index (χ0n) is 13.1. The quantitative estimate of drug-likeness (QED) is 0.835. The number of nitrogens with one attached hydrogen (secondary N) is 1. The molecule has 4 nitrogen and oxygen atoms in total. The lowest BCUT2D eigenvalue weighted by molar-refractivity contribution is 0.215. The second-order valence-electron chi connectivity index (χ2n) is 5.68. The molecule has 0 saturated heterocycles. The van der Waals surface area contributed by atoms with E-state index in [0.717, 1.165) is 24.1 Å². The maximum Gasteiger partial charge on any atom is 0.324 e. The molecule has 2 aromatic rings. The van der Waals surface area contributed by atoms with E-state index in [2.05, 4.69) is 16.9 Å². The molecule has 3 rings (SSSR count). The maximum absolute atomic E-state index is 12.6. The molecule has 5 heteroatoms. The molecule has 1 heterocycles. The van der Waals surface area contributed by atoms with Crippen molar-refractivity contribution in [1.82, 2.24) is 9.88 Å². The molecule has 0 radical (unpaired) electrons. The van der Waals surface area contributed by atoms with Crippen molar-refractivity contribution in [3.8, 4) is 0 Å². The first-order valence-electron chi connectivity index (χ1n) is 7.95. The Morgan fingerprint density at radius 2 is 2.09 bits per heavy atom. The normalized spacial score (nSPS) is 13.2. The fourth-order valence-electron chi connectivity index (χ4n) is 2.75. The summed E-state index contributed by atoms with van der Waals surface area (Å²) in [5.41, 5.74) is 2.26. The molecule has 23 heavy (non-hydrogen) atoms. The molecule has 0 saturated carbocycles. The number of urea groups is 1. The highest BCUT2D eigenvalue weighted by atomic mass is 32.1. The molecule has 1 aliphatic carbocycles. The summed E-state index contributed by atoms with van der Waals surface area (Å²) in [7, 11) is 0. The van der Waals surface area contributed by atoms with Crippen molar-refractivity contribution in [3.63, 3.8) is 0 Å². The zero-order chi connectivity index (χ0) is 16.1. The molecule has 0 bridgehead atoms. The molecule has 2 amide bonds. The summed E-state index contributed by atoms with van der Waals surface area (Å²) in [5.74, 6) is 0. The van der Waals surface area contributed by atoms with Crippen LogP contribution in [0.1, 0.15) is 29.0 Å². The largest absolute Gasteiger partial charge is 0.324 e. The first-order chi connectivity index (χ1) is 11.3. The predicted molar refractivity (Wildman–Crippen MR) is 94.8 cm³/mol. The van der Waals surface area contributed by atoms with Gasteiger partial charge in [0.05, 0.1) is 5.69 Å². The van der Waals surface area contributed by atoms with Crippen molar-refractivity contribution in [1.29, 1.82) is 0 Å². The first kappa shape index (κ1) is 15.7. The lowest BCUT2D eigenvalue weighted by atomic mass is 10.0. The van der Waals surface area contributed by atoms with Gasteiger partial charge in [-0.15, -0.1) is 17.9 Å². The number of carbonyl (C=O) groups excluding carboxylic acids is 1. The molecule has 1 aromatic heterocycles. The van der Waals surface area contributed by atoms with Gasteiger partial charge in [-0.3, -0.25) is 5.32 Å². The Balaban J connectivity index is 1.68. The molecule has 0 spiro atoms. The first-order valence-corrected chi connectivity index (χ1v) is 8.77. The fourth-order valence-corrected chi connectivity index (χ4v) is 3.79. The number of rotatable bonds is 5. The number of hydrogen-bond donors (Lipinski definition) is 1. The van der Waals surface area contributed by atoms with Gasteiger partial charge in [-0.1, -0.05) is 36.4 Å². The minimum atomic E-state index is -0.125. The van der Waals surface area contributed by atoms with Crippen molar-refractivity contribution >= 4 is 22.5 Å². The topological polar surface area (TPSA) is 45.2 Å². The number of aryl methyl sites for hydroxylation is 2. The van der Waals surface area contributed by atoms with Crippen LogP contribution in [0.25, 0.3) is 0 Å². The van der Waals surface area contributed by atoms with Gasteiger partial charge in [0.15, 0.2) is 5.13 Å². The van der Waals surface area contributed by atoms with Crippen LogP contribution in [0.4, 0.5) is 9.93 Å². The standard InChI is InChI=1S/C18H21N3OS/c1-2-12-21(13-14-8-4-3-5-9-14)18(22)20-17-19-15-10-6-7-11-16(15)23-17/h2-5,8-9H,1,6-7,10-13H2,(H,19,20,22). The summed E-state index contributed by atoms with van der Waals surface area (Å²) < 4.78 is 0. The molecule has 120 valence electrons. The number of carbonyl (C=O) groups is 1. The smallest absolute Gasteiger partial charge is 0.316 e. The van der Waals surface area contributed by atoms with Crippen LogP contribution in [-0.2, 0) is 19.4 Å². The summed E-state index contributed by atoms with van der Waals surface area (Å²) in [4.78, 5) is 20.2. The number of anilines is 1. The summed E-state index contributed by atoms with van der Waals surface area (Å²) in [6, 6.07) is 9.85. The van der Waals surface area contributed by atoms with Crippen molar-refractivity contribution in [2.75, 3.05) is 11.9 Å². The lowest BCUT2D eigenvalue weighted by Crippen LogP contribution is -2.34. The van der Waals surface area contributed by atoms with Gasteiger partial charge >= 0.3 is 6.03 Å². The van der Waals surface area contributed by atoms with Crippen LogP contribution in [0.15, 0.2) is 43.0 Å². The predicted octanol–water partition coefficient (Wildman–Crippen LogP) is 4.24. The van der Waals surface area contributed by atoms with E-state index in [-0.39, 0.29) is 6.03 Å². The van der Waals surface area contributed by atoms with Crippen LogP contribution in [0.3, 0.4) is 0 Å². The van der Waals surface area contributed by atoms with Gasteiger partial charge < -0.3 is 4.90 Å². The van der Waals surface area contributed by atoms with E-state index in [1.807, 2.05) is 30.3 Å². The Hall–Kier alpha value is -2.14. The zero-order valence-corrected chi connectivity index (χ0v) is 13.9. The third kappa shape index (κ3) is 3.99. The summed E-state index contributed by atoms with van der Waals surface area (Å²) in [6.07, 6.45) is 6.28. The van der Waals surface area contributed by atoms with Crippen LogP contribution in [-0.4, -0.2) is 22.5 Å². The van der Waals surface area contributed by atoms with Crippen molar-refractivity contribution < 1.29 is 4.79 Å². The average molecular weight is 327 g/mol. The molecule has 0 unspecified atom stereocenters. The number of thiazole rings is 1. The van der Waals surface area contributed by atoms with Crippen LogP contribution < -0.4 is 5.32 Å². The fraction of sp³-hybridized carbons (Fsp3) is 0.333. The monoisotopic (exact) mass is 327 g/mol. The molecule has 1 aromatic carbocycles. The number of amides is 2. The molecule has 0 aliphatic heterocycles. The summed E-state index contributed by atoms with van der Waals surface area (Å²) in [6.45, 7) is 4.81. The van der Waals surface area contributed by atoms with E-state index < -0.39 is 0 Å². The second-order valence-corrected chi connectivity index (χ2v) is 6.76. The second kappa shape index (κ2) is 7.42. The molecular weight excluding hydrogens is 306 g/mol. The van der Waals surface area contributed by atoms with Gasteiger partial charge in [-0.2, -0.15) is 0 Å². The average Bonchev–Trinajstić information content (AvgIpc) is 2.97. The highest BCUT2D eigenvalue weighted by molar-refractivity contribution is 7.15. The highest BCUT2D eigenvalue weighted by Crippen LogP contribution is 2.29. The minimum absolute atomic E-state index is 0.125. The van der Waals surface area contributed by atoms with Gasteiger partial charge in [-0.25, -0.2) is 9.78 Å². The van der Waals surface area contributed by atoms with Crippen LogP contribution in [0.5, 0.6) is 0 Å². The molecular formula is C18H21N3OS. The Kier molecular flexibility index (Phi) is 5.08. The Bertz CT molecular complexity index is 657. The molecule has 0 atom stereocenters. The molecule has 1 N–H and O–H groups in total. The highest BCUT2D eigenvalue weighted by Gasteiger charge is 2.18. The third-order valence-electron chi connectivity index (χ3n) is 3.91. The van der Waals surface area contributed by atoms with Gasteiger partial charge in [0.25, 0.3) is 0 Å². The van der Waals surface area contributed by atoms with Crippen LogP contribution >= 0.6 is 11.3 Å². The van der Waals surface area contributed by atoms with Crippen LogP contribution in [0.2, 0.25) is 0 Å². The van der Waals surface area contributed by atoms with Gasteiger partial charge in [0.1, 0.15) is 0 Å². The number of hydrogen-bond acceptors (Lipinski definition) is 3. The van der Waals surface area contributed by atoms with E-state index in [0.29, 0.717) is 18.2 Å². The van der Waals surface area contributed by atoms with E-state index >= 15 is 0 Å². The van der Waals surface area contributed by atoms with Gasteiger partial charge in [0, 0.05) is 18.0 Å². The molecule has 0 fully saturated rings. The van der Waals surface area contributed by atoms with Crippen molar-refractivity contribution in [2.24, 2.45) is 0 Å². The van der Waals surface area contributed by atoms with E-state index in [1.54, 1.807) is 22.3 Å². The Morgan fingerprint density at radius 1 is 1.30 bits per heavy atom. The summed E-state index contributed by atoms with van der Waals surface area (Å²) in [5, 5.41) is 3.66. The molecule has 1 aliphatic rings. The van der Waals surface area contributed by atoms with Gasteiger partial charge in [-0.05, 0) is 31.2 Å². The van der Waals surface area contributed by atoms with Crippen molar-refractivity contribution in [2.45, 2.75) is 32.2 Å². The summed E-state index contributed by atoms with van der Waals surface area (Å²) >= 11 is 1.61. The number of aromatic nitrogens is 1. The number of fused-ring (bicyclic) bond motifs is 1. The van der Waals surface area contributed by atoms with E-state index in [4.69, 9.17) is 0 Å². The Morgan fingerprint density at radius 3 is 2.83 bits per heavy atom. The number of nitrogens with zero attached hydrogens (tertiary/aromatic N) is 2. The maximum atomic E-state index is 12.6. The third-order valence-corrected chi connectivity index (χ3v) is 4.99. The SMILES string of the molecule is C=CCN(Cc1ccccc1)C(=O)Nc1nc2c(s1)CCCC2. The Labute approximate surface area is 140 Å². The van der Waals surface area contributed by atoms with E-state index in [9.17, 15) is 4.79 Å². The van der Waals surface area contributed by atoms with Gasteiger partial charge in [0.2, 0.25) is 0 Å². The minimum Gasteiger partial charge on any atom is -0.316 e. The van der Waals surface area contributed by atoms with Crippen LogP contribution in [0, 0.1) is 0 Å². The van der Waals surface area contributed by atoms with E-state index in [1.165, 1.54) is 17.7 Å².